The smallest absolute Gasteiger partial charge is 0.137 e. The highest BCUT2D eigenvalue weighted by Gasteiger charge is 2.06. The molecule has 0 aliphatic heterocycles. The Bertz CT molecular complexity index is 358. The molecule has 1 aromatic rings. The zero-order valence-electron chi connectivity index (χ0n) is 10.7. The maximum absolute atomic E-state index is 6.01. The molecular formula is C12H20ClN3S. The minimum atomic E-state index is 0.544. The number of hydrogen-bond donors (Lipinski definition) is 1. The summed E-state index contributed by atoms with van der Waals surface area (Å²) < 4.78 is 0. The quantitative estimate of drug-likeness (QED) is 0.607. The molecule has 1 rings (SSSR count). The number of hydrogen-bond acceptors (Lipinski definition) is 4. The van der Waals surface area contributed by atoms with Crippen molar-refractivity contribution < 1.29 is 0 Å². The van der Waals surface area contributed by atoms with Crippen LogP contribution in [0, 0.1) is 13.8 Å². The van der Waals surface area contributed by atoms with Gasteiger partial charge in [-0.3, -0.25) is 0 Å². The molecule has 0 saturated heterocycles. The monoisotopic (exact) mass is 273 g/mol. The topological polar surface area (TPSA) is 37.8 Å². The molecule has 0 bridgehead atoms. The average molecular weight is 274 g/mol. The van der Waals surface area contributed by atoms with Gasteiger partial charge in [-0.15, -0.1) is 0 Å². The Balaban J connectivity index is 2.36. The highest BCUT2D eigenvalue weighted by Crippen LogP contribution is 2.19. The van der Waals surface area contributed by atoms with E-state index in [1.54, 1.807) is 0 Å². The molecule has 0 aliphatic rings. The first-order chi connectivity index (χ1) is 8.15. The number of rotatable bonds is 7. The maximum atomic E-state index is 6.01. The van der Waals surface area contributed by atoms with Crippen molar-refractivity contribution in [2.45, 2.75) is 33.1 Å². The van der Waals surface area contributed by atoms with Gasteiger partial charge in [0.05, 0.1) is 0 Å². The van der Waals surface area contributed by atoms with Crippen molar-refractivity contribution in [3.8, 4) is 0 Å². The van der Waals surface area contributed by atoms with Gasteiger partial charge in [-0.05, 0) is 38.7 Å². The van der Waals surface area contributed by atoms with E-state index in [1.807, 2.05) is 25.6 Å². The number of aryl methyl sites for hydroxylation is 1. The molecule has 0 saturated carbocycles. The van der Waals surface area contributed by atoms with Crippen LogP contribution in [0.25, 0.3) is 0 Å². The molecule has 0 radical (unpaired) electrons. The van der Waals surface area contributed by atoms with Crippen LogP contribution < -0.4 is 5.32 Å². The van der Waals surface area contributed by atoms with Gasteiger partial charge in [0.15, 0.2) is 0 Å². The average Bonchev–Trinajstić information content (AvgIpc) is 2.29. The van der Waals surface area contributed by atoms with Gasteiger partial charge in [-0.25, -0.2) is 9.97 Å². The van der Waals surface area contributed by atoms with Crippen LogP contribution in [-0.4, -0.2) is 28.5 Å². The summed E-state index contributed by atoms with van der Waals surface area (Å²) in [4.78, 5) is 8.47. The van der Waals surface area contributed by atoms with Gasteiger partial charge >= 0.3 is 0 Å². The molecule has 1 N–H and O–H groups in total. The third-order valence-corrected chi connectivity index (χ3v) is 3.58. The first-order valence-electron chi connectivity index (χ1n) is 5.88. The third-order valence-electron chi connectivity index (χ3n) is 2.52. The van der Waals surface area contributed by atoms with Crippen LogP contribution in [0.3, 0.4) is 0 Å². The number of halogens is 1. The number of unbranched alkanes of at least 4 members (excludes halogenated alkanes) is 2. The van der Waals surface area contributed by atoms with Crippen molar-refractivity contribution in [3.05, 3.63) is 16.5 Å². The van der Waals surface area contributed by atoms with Crippen molar-refractivity contribution >= 4 is 29.2 Å². The van der Waals surface area contributed by atoms with E-state index in [9.17, 15) is 0 Å². The summed E-state index contributed by atoms with van der Waals surface area (Å²) in [6.45, 7) is 4.74. The fraction of sp³-hybridized carbons (Fsp3) is 0.667. The van der Waals surface area contributed by atoms with Gasteiger partial charge in [-0.2, -0.15) is 11.8 Å². The molecule has 5 heteroatoms. The molecule has 0 unspecified atom stereocenters. The second kappa shape index (κ2) is 7.77. The van der Waals surface area contributed by atoms with E-state index in [4.69, 9.17) is 11.6 Å². The Hall–Kier alpha value is -0.480. The number of aromatic nitrogens is 2. The van der Waals surface area contributed by atoms with Gasteiger partial charge in [0.2, 0.25) is 0 Å². The SMILES string of the molecule is CSCCCCCNc1nc(C)nc(Cl)c1C. The molecule has 0 fully saturated rings. The van der Waals surface area contributed by atoms with Crippen LogP contribution in [0.1, 0.15) is 30.7 Å². The van der Waals surface area contributed by atoms with Gasteiger partial charge in [0.1, 0.15) is 16.8 Å². The molecule has 1 aromatic heterocycles. The Morgan fingerprint density at radius 2 is 1.94 bits per heavy atom. The lowest BCUT2D eigenvalue weighted by Crippen LogP contribution is -2.07. The Morgan fingerprint density at radius 1 is 1.18 bits per heavy atom. The van der Waals surface area contributed by atoms with E-state index in [0.717, 1.165) is 17.9 Å². The molecule has 0 spiro atoms. The van der Waals surface area contributed by atoms with E-state index >= 15 is 0 Å². The number of nitrogens with one attached hydrogen (secondary N) is 1. The first kappa shape index (κ1) is 14.6. The zero-order chi connectivity index (χ0) is 12.7. The number of anilines is 1. The van der Waals surface area contributed by atoms with Crippen molar-refractivity contribution in [3.63, 3.8) is 0 Å². The van der Waals surface area contributed by atoms with Crippen LogP contribution in [-0.2, 0) is 0 Å². The predicted molar refractivity (Wildman–Crippen MR) is 77.2 cm³/mol. The summed E-state index contributed by atoms with van der Waals surface area (Å²) in [6, 6.07) is 0. The highest BCUT2D eigenvalue weighted by atomic mass is 35.5. The van der Waals surface area contributed by atoms with Crippen LogP contribution in [0.2, 0.25) is 5.15 Å². The fourth-order valence-electron chi connectivity index (χ4n) is 1.52. The van der Waals surface area contributed by atoms with Crippen LogP contribution in [0.15, 0.2) is 0 Å². The van der Waals surface area contributed by atoms with E-state index in [-0.39, 0.29) is 0 Å². The molecule has 0 amide bonds. The van der Waals surface area contributed by atoms with Gasteiger partial charge in [0, 0.05) is 12.1 Å². The normalized spacial score (nSPS) is 10.6. The van der Waals surface area contributed by atoms with E-state index in [0.29, 0.717) is 11.0 Å². The molecule has 0 aromatic carbocycles. The summed E-state index contributed by atoms with van der Waals surface area (Å²) in [7, 11) is 0. The van der Waals surface area contributed by atoms with Crippen LogP contribution in [0.5, 0.6) is 0 Å². The van der Waals surface area contributed by atoms with Gasteiger partial charge in [-0.1, -0.05) is 18.0 Å². The summed E-state index contributed by atoms with van der Waals surface area (Å²) in [5, 5.41) is 3.87. The van der Waals surface area contributed by atoms with Gasteiger partial charge in [0.25, 0.3) is 0 Å². The van der Waals surface area contributed by atoms with E-state index in [2.05, 4.69) is 21.5 Å². The molecular weight excluding hydrogens is 254 g/mol. The van der Waals surface area contributed by atoms with Crippen LogP contribution in [0.4, 0.5) is 5.82 Å². The lowest BCUT2D eigenvalue weighted by atomic mass is 10.2. The maximum Gasteiger partial charge on any atom is 0.137 e. The predicted octanol–water partition coefficient (Wildman–Crippen LogP) is 3.69. The first-order valence-corrected chi connectivity index (χ1v) is 7.66. The van der Waals surface area contributed by atoms with Crippen molar-refractivity contribution in [2.24, 2.45) is 0 Å². The highest BCUT2D eigenvalue weighted by molar-refractivity contribution is 7.98. The Kier molecular flexibility index (Phi) is 6.66. The standard InChI is InChI=1S/C12H20ClN3S/c1-9-11(13)15-10(2)16-12(9)14-7-5-4-6-8-17-3/h4-8H2,1-3H3,(H,14,15,16). The minimum absolute atomic E-state index is 0.544. The fourth-order valence-corrected chi connectivity index (χ4v) is 2.23. The molecule has 0 aliphatic carbocycles. The van der Waals surface area contributed by atoms with Crippen LogP contribution >= 0.6 is 23.4 Å². The lowest BCUT2D eigenvalue weighted by Gasteiger charge is -2.09. The minimum Gasteiger partial charge on any atom is -0.370 e. The summed E-state index contributed by atoms with van der Waals surface area (Å²) >= 11 is 7.91. The molecule has 0 atom stereocenters. The van der Waals surface area contributed by atoms with E-state index < -0.39 is 0 Å². The third kappa shape index (κ3) is 5.13. The number of nitrogens with zero attached hydrogens (tertiary/aromatic N) is 2. The second-order valence-corrected chi connectivity index (χ2v) is 5.36. The van der Waals surface area contributed by atoms with Crippen molar-refractivity contribution in [1.29, 1.82) is 0 Å². The lowest BCUT2D eigenvalue weighted by molar-refractivity contribution is 0.747. The molecule has 17 heavy (non-hydrogen) atoms. The summed E-state index contributed by atoms with van der Waals surface area (Å²) in [5.74, 6) is 2.83. The van der Waals surface area contributed by atoms with E-state index in [1.165, 1.54) is 25.0 Å². The Morgan fingerprint density at radius 3 is 2.65 bits per heavy atom. The Labute approximate surface area is 113 Å². The number of thioether (sulfide) groups is 1. The zero-order valence-corrected chi connectivity index (χ0v) is 12.3. The molecule has 3 nitrogen and oxygen atoms in total. The van der Waals surface area contributed by atoms with Crippen molar-refractivity contribution in [2.75, 3.05) is 23.9 Å². The van der Waals surface area contributed by atoms with Gasteiger partial charge < -0.3 is 5.32 Å². The molecule has 1 heterocycles. The van der Waals surface area contributed by atoms with Crippen molar-refractivity contribution in [1.82, 2.24) is 9.97 Å². The largest absolute Gasteiger partial charge is 0.370 e. The molecule has 96 valence electrons. The second-order valence-electron chi connectivity index (χ2n) is 4.02. The summed E-state index contributed by atoms with van der Waals surface area (Å²) in [5.41, 5.74) is 0.932. The summed E-state index contributed by atoms with van der Waals surface area (Å²) in [6.07, 6.45) is 5.85.